The first-order valence-electron chi connectivity index (χ1n) is 17.6. The average Bonchev–Trinajstić information content (AvgIpc) is 3.11. The van der Waals surface area contributed by atoms with Gasteiger partial charge in [-0.1, -0.05) is 12.1 Å². The topological polar surface area (TPSA) is 205 Å². The van der Waals surface area contributed by atoms with Crippen molar-refractivity contribution < 1.29 is 60.7 Å². The van der Waals surface area contributed by atoms with Gasteiger partial charge in [0.25, 0.3) is 11.8 Å². The molecule has 0 heterocycles. The van der Waals surface area contributed by atoms with E-state index in [4.69, 9.17) is 26.6 Å². The largest absolute Gasteiger partial charge is 0.500 e. The van der Waals surface area contributed by atoms with E-state index in [-0.39, 0.29) is 46.5 Å². The lowest BCUT2D eigenvalue weighted by Gasteiger charge is -2.28. The van der Waals surface area contributed by atoms with Crippen molar-refractivity contribution in [3.05, 3.63) is 69.8 Å². The minimum atomic E-state index is -2.96. The van der Waals surface area contributed by atoms with Gasteiger partial charge in [0.1, 0.15) is 0 Å². The van der Waals surface area contributed by atoms with Gasteiger partial charge in [-0.2, -0.15) is 0 Å². The Balaban J connectivity index is 2.27. The van der Waals surface area contributed by atoms with Crippen LogP contribution in [0.25, 0.3) is 0 Å². The number of hydrogen-bond donors (Lipinski definition) is 4. The van der Waals surface area contributed by atoms with Gasteiger partial charge >= 0.3 is 29.5 Å². The third kappa shape index (κ3) is 12.7. The first-order chi connectivity index (χ1) is 24.9. The van der Waals surface area contributed by atoms with E-state index in [1.54, 1.807) is 0 Å². The zero-order valence-electron chi connectivity index (χ0n) is 30.8. The number of amides is 2. The summed E-state index contributed by atoms with van der Waals surface area (Å²) in [7, 11) is -5.91. The van der Waals surface area contributed by atoms with E-state index < -0.39 is 47.1 Å². The fraction of sp³-hybridized carbons (Fsp3) is 0.514. The Hall–Kier alpha value is -3.82. The Morgan fingerprint density at radius 3 is 1.10 bits per heavy atom. The molecule has 0 spiro atoms. The second-order valence-corrected chi connectivity index (χ2v) is 16.6. The molecule has 15 nitrogen and oxygen atoms in total. The fourth-order valence-corrected chi connectivity index (χ4v) is 10.7. The summed E-state index contributed by atoms with van der Waals surface area (Å²) >= 11 is 0. The van der Waals surface area contributed by atoms with Gasteiger partial charge < -0.3 is 47.4 Å². The molecule has 0 bridgehead atoms. The van der Waals surface area contributed by atoms with Crippen LogP contribution in [0.15, 0.2) is 36.4 Å². The van der Waals surface area contributed by atoms with E-state index in [0.717, 1.165) is 24.3 Å². The molecule has 17 heteroatoms. The number of rotatable bonds is 26. The molecular weight excluding hydrogens is 713 g/mol. The van der Waals surface area contributed by atoms with E-state index >= 15 is 0 Å². The standard InChI is InChI=1S/C35H52N2O13Si2/c1-7-45-51(46-8-2,47-9-3)21-13-19-36-32(39)29-23-25(15-17-27(29)34(41)42)31(38)26-16-18-28(35(43)44)30(24-26)33(40)37-20-14-22-52(48-10-4,49-11-5)50-12-6/h15-18,23-24H,7-14,19-22H2,1-6H3,(H,36,39)(H,37,40)(H,41,42)(H,43,44). The summed E-state index contributed by atoms with van der Waals surface area (Å²) < 4.78 is 35.0. The molecule has 0 fully saturated rings. The summed E-state index contributed by atoms with van der Waals surface area (Å²) in [5.41, 5.74) is -1.20. The monoisotopic (exact) mass is 764 g/mol. The molecule has 0 radical (unpaired) electrons. The molecule has 2 rings (SSSR count). The van der Waals surface area contributed by atoms with Gasteiger partial charge in [-0.3, -0.25) is 14.4 Å². The van der Waals surface area contributed by atoms with Crippen molar-refractivity contribution in [3.8, 4) is 0 Å². The van der Waals surface area contributed by atoms with Crippen LogP contribution >= 0.6 is 0 Å². The zero-order chi connectivity index (χ0) is 38.7. The number of benzene rings is 2. The van der Waals surface area contributed by atoms with Crippen molar-refractivity contribution >= 4 is 47.1 Å². The highest BCUT2D eigenvalue weighted by Crippen LogP contribution is 2.22. The van der Waals surface area contributed by atoms with Crippen LogP contribution in [0.1, 0.15) is 112 Å². The summed E-state index contributed by atoms with van der Waals surface area (Å²) in [6.45, 7) is 13.7. The van der Waals surface area contributed by atoms with Gasteiger partial charge in [-0.05, 0) is 78.6 Å². The Morgan fingerprint density at radius 1 is 0.519 bits per heavy atom. The summed E-state index contributed by atoms with van der Waals surface area (Å²) in [4.78, 5) is 64.1. The van der Waals surface area contributed by atoms with Crippen LogP contribution in [-0.4, -0.2) is 110 Å². The molecular formula is C35H52N2O13Si2. The van der Waals surface area contributed by atoms with E-state index in [1.807, 2.05) is 41.5 Å². The summed E-state index contributed by atoms with van der Waals surface area (Å²) in [6.07, 6.45) is 0.849. The van der Waals surface area contributed by atoms with Crippen LogP contribution < -0.4 is 10.6 Å². The van der Waals surface area contributed by atoms with Crippen molar-refractivity contribution in [2.75, 3.05) is 52.7 Å². The van der Waals surface area contributed by atoms with Crippen LogP contribution in [0.2, 0.25) is 12.1 Å². The number of aromatic carboxylic acids is 2. The summed E-state index contributed by atoms with van der Waals surface area (Å²) in [5.74, 6) is -4.81. The van der Waals surface area contributed by atoms with Gasteiger partial charge in [-0.25, -0.2) is 9.59 Å². The quantitative estimate of drug-likeness (QED) is 0.0586. The highest BCUT2D eigenvalue weighted by Gasteiger charge is 2.40. The summed E-state index contributed by atoms with van der Waals surface area (Å²) in [6, 6.07) is 7.98. The van der Waals surface area contributed by atoms with Crippen molar-refractivity contribution in [2.45, 2.75) is 66.5 Å². The van der Waals surface area contributed by atoms with Crippen LogP contribution in [-0.2, 0) is 26.6 Å². The molecule has 288 valence electrons. The summed E-state index contributed by atoms with van der Waals surface area (Å²) in [5, 5.41) is 25.0. The van der Waals surface area contributed by atoms with Crippen molar-refractivity contribution in [1.29, 1.82) is 0 Å². The molecule has 0 aliphatic heterocycles. The lowest BCUT2D eigenvalue weighted by molar-refractivity contribution is 0.0682. The zero-order valence-corrected chi connectivity index (χ0v) is 32.8. The smallest absolute Gasteiger partial charge is 0.478 e. The number of nitrogens with one attached hydrogen (secondary N) is 2. The van der Waals surface area contributed by atoms with Crippen LogP contribution in [0, 0.1) is 0 Å². The molecule has 2 amide bonds. The normalized spacial score (nSPS) is 11.7. The Kier molecular flexibility index (Phi) is 19.0. The lowest BCUT2D eigenvalue weighted by atomic mass is 9.95. The Morgan fingerprint density at radius 2 is 0.827 bits per heavy atom. The van der Waals surface area contributed by atoms with Gasteiger partial charge in [-0.15, -0.1) is 0 Å². The van der Waals surface area contributed by atoms with Gasteiger partial charge in [0.15, 0.2) is 5.78 Å². The maximum atomic E-state index is 13.6. The number of carbonyl (C=O) groups is 5. The second kappa shape index (κ2) is 22.3. The van der Waals surface area contributed by atoms with E-state index in [0.29, 0.717) is 64.6 Å². The predicted molar refractivity (Wildman–Crippen MR) is 195 cm³/mol. The van der Waals surface area contributed by atoms with E-state index in [1.165, 1.54) is 12.1 Å². The minimum absolute atomic E-state index is 0.0379. The predicted octanol–water partition coefficient (Wildman–Crippen LogP) is 4.65. The molecule has 0 atom stereocenters. The third-order valence-corrected chi connectivity index (χ3v) is 13.9. The molecule has 0 aliphatic carbocycles. The number of ketones is 1. The first-order valence-corrected chi connectivity index (χ1v) is 21.4. The molecule has 0 saturated carbocycles. The molecule has 0 saturated heterocycles. The molecule has 0 aliphatic rings. The minimum Gasteiger partial charge on any atom is -0.478 e. The molecule has 52 heavy (non-hydrogen) atoms. The third-order valence-electron chi connectivity index (χ3n) is 7.59. The molecule has 2 aromatic rings. The lowest BCUT2D eigenvalue weighted by Crippen LogP contribution is -2.46. The number of carbonyl (C=O) groups excluding carboxylic acids is 3. The highest BCUT2D eigenvalue weighted by molar-refractivity contribution is 6.61. The Labute approximate surface area is 307 Å². The second-order valence-electron chi connectivity index (χ2n) is 11.1. The van der Waals surface area contributed by atoms with E-state index in [2.05, 4.69) is 10.6 Å². The van der Waals surface area contributed by atoms with Gasteiger partial charge in [0.05, 0.1) is 22.3 Å². The SMILES string of the molecule is CCO[Si](CCCNC(=O)c1cc(C(=O)c2ccc(C(=O)O)c(C(=O)NCCC[Si](OCC)(OCC)OCC)c2)ccc1C(=O)O)(OCC)OCC. The Bertz CT molecular complexity index is 1380. The van der Waals surface area contributed by atoms with Gasteiger partial charge in [0, 0.05) is 75.9 Å². The van der Waals surface area contributed by atoms with Crippen LogP contribution in [0.3, 0.4) is 0 Å². The molecule has 2 aromatic carbocycles. The number of carboxylic acids is 2. The van der Waals surface area contributed by atoms with Crippen LogP contribution in [0.4, 0.5) is 0 Å². The van der Waals surface area contributed by atoms with Crippen molar-refractivity contribution in [1.82, 2.24) is 10.6 Å². The van der Waals surface area contributed by atoms with E-state index in [9.17, 15) is 34.2 Å². The maximum absolute atomic E-state index is 13.6. The van der Waals surface area contributed by atoms with Gasteiger partial charge in [0.2, 0.25) is 0 Å². The maximum Gasteiger partial charge on any atom is 0.500 e. The number of hydrogen-bond acceptors (Lipinski definition) is 11. The van der Waals surface area contributed by atoms with Crippen LogP contribution in [0.5, 0.6) is 0 Å². The fourth-order valence-electron chi connectivity index (χ4n) is 5.49. The van der Waals surface area contributed by atoms with Crippen molar-refractivity contribution in [3.63, 3.8) is 0 Å². The highest BCUT2D eigenvalue weighted by atomic mass is 28.4. The first kappa shape index (κ1) is 44.3. The average molecular weight is 765 g/mol. The molecule has 4 N–H and O–H groups in total. The van der Waals surface area contributed by atoms with Crippen molar-refractivity contribution in [2.24, 2.45) is 0 Å². The molecule has 0 aromatic heterocycles. The number of carboxylic acid groups (broad SMARTS) is 2. The molecule has 0 unspecified atom stereocenters.